The number of nitrogens with zero attached hydrogens (tertiary/aromatic N) is 1. The summed E-state index contributed by atoms with van der Waals surface area (Å²) in [4.78, 5) is 16.6. The minimum Gasteiger partial charge on any atom is -0.491 e. The Morgan fingerprint density at radius 3 is 2.32 bits per heavy atom. The second-order valence-corrected chi connectivity index (χ2v) is 6.49. The quantitative estimate of drug-likeness (QED) is 0.821. The van der Waals surface area contributed by atoms with E-state index < -0.39 is 0 Å². The molecule has 1 aromatic carbocycles. The standard InChI is InChI=1S/C20H26N2O3/c1-13(2)24-18-8-6-7-16(11-18)15(5)22-20(23)17-9-10-19(21-12-17)25-14(3)4/h6-15H,1-5H3,(H,22,23). The van der Waals surface area contributed by atoms with Gasteiger partial charge in [-0.25, -0.2) is 4.98 Å². The van der Waals surface area contributed by atoms with Crippen molar-refractivity contribution in [3.63, 3.8) is 0 Å². The van der Waals surface area contributed by atoms with Crippen LogP contribution in [0.3, 0.4) is 0 Å². The van der Waals surface area contributed by atoms with Gasteiger partial charge in [-0.05, 0) is 58.4 Å². The van der Waals surface area contributed by atoms with Crippen LogP contribution in [0.25, 0.3) is 0 Å². The van der Waals surface area contributed by atoms with Gasteiger partial charge in [-0.2, -0.15) is 0 Å². The third-order valence-corrected chi connectivity index (χ3v) is 3.43. The number of pyridine rings is 1. The normalized spacial score (nSPS) is 12.1. The second-order valence-electron chi connectivity index (χ2n) is 6.49. The minimum atomic E-state index is -0.175. The van der Waals surface area contributed by atoms with Crippen molar-refractivity contribution in [2.24, 2.45) is 0 Å². The highest BCUT2D eigenvalue weighted by molar-refractivity contribution is 5.94. The van der Waals surface area contributed by atoms with Gasteiger partial charge in [0.15, 0.2) is 0 Å². The van der Waals surface area contributed by atoms with Crippen LogP contribution in [0.5, 0.6) is 11.6 Å². The Kier molecular flexibility index (Phi) is 6.39. The van der Waals surface area contributed by atoms with E-state index in [2.05, 4.69) is 10.3 Å². The molecule has 2 aromatic rings. The highest BCUT2D eigenvalue weighted by Gasteiger charge is 2.13. The average Bonchev–Trinajstić information content (AvgIpc) is 2.54. The second kappa shape index (κ2) is 8.51. The lowest BCUT2D eigenvalue weighted by Gasteiger charge is -2.17. The van der Waals surface area contributed by atoms with Crippen molar-refractivity contribution >= 4 is 5.91 Å². The maximum absolute atomic E-state index is 12.4. The molecule has 2 rings (SSSR count). The summed E-state index contributed by atoms with van der Waals surface area (Å²) in [5.74, 6) is 1.13. The molecule has 0 aliphatic carbocycles. The fourth-order valence-corrected chi connectivity index (χ4v) is 2.32. The summed E-state index contributed by atoms with van der Waals surface area (Å²) < 4.78 is 11.2. The number of ether oxygens (including phenoxy) is 2. The van der Waals surface area contributed by atoms with Crippen LogP contribution in [0.4, 0.5) is 0 Å². The molecule has 25 heavy (non-hydrogen) atoms. The van der Waals surface area contributed by atoms with Gasteiger partial charge in [0.25, 0.3) is 5.91 Å². The fourth-order valence-electron chi connectivity index (χ4n) is 2.32. The molecule has 0 fully saturated rings. The molecule has 0 radical (unpaired) electrons. The monoisotopic (exact) mass is 342 g/mol. The lowest BCUT2D eigenvalue weighted by atomic mass is 10.1. The summed E-state index contributed by atoms with van der Waals surface area (Å²) >= 11 is 0. The van der Waals surface area contributed by atoms with Gasteiger partial charge in [-0.3, -0.25) is 4.79 Å². The van der Waals surface area contributed by atoms with Gasteiger partial charge in [0.2, 0.25) is 5.88 Å². The van der Waals surface area contributed by atoms with Crippen molar-refractivity contribution < 1.29 is 14.3 Å². The number of rotatable bonds is 7. The number of carbonyl (C=O) groups is 1. The summed E-state index contributed by atoms with van der Waals surface area (Å²) in [6.07, 6.45) is 1.68. The summed E-state index contributed by atoms with van der Waals surface area (Å²) in [7, 11) is 0. The molecule has 1 N–H and O–H groups in total. The summed E-state index contributed by atoms with van der Waals surface area (Å²) in [6, 6.07) is 11.0. The number of carbonyl (C=O) groups excluding carboxylic acids is 1. The van der Waals surface area contributed by atoms with Crippen LogP contribution in [0, 0.1) is 0 Å². The summed E-state index contributed by atoms with van der Waals surface area (Å²) in [5.41, 5.74) is 1.48. The first-order valence-electron chi connectivity index (χ1n) is 8.55. The maximum atomic E-state index is 12.4. The molecule has 0 aliphatic rings. The van der Waals surface area contributed by atoms with Gasteiger partial charge >= 0.3 is 0 Å². The van der Waals surface area contributed by atoms with Gasteiger partial charge in [0, 0.05) is 12.3 Å². The maximum Gasteiger partial charge on any atom is 0.253 e. The SMILES string of the molecule is CC(C)Oc1cccc(C(C)NC(=O)c2ccc(OC(C)C)nc2)c1. The van der Waals surface area contributed by atoms with Crippen molar-refractivity contribution in [1.29, 1.82) is 0 Å². The molecule has 5 heteroatoms. The molecule has 1 atom stereocenters. The highest BCUT2D eigenvalue weighted by atomic mass is 16.5. The Morgan fingerprint density at radius 1 is 1.00 bits per heavy atom. The van der Waals surface area contributed by atoms with E-state index in [0.717, 1.165) is 11.3 Å². The van der Waals surface area contributed by atoms with E-state index in [9.17, 15) is 4.79 Å². The molecule has 1 aromatic heterocycles. The Labute approximate surface area is 149 Å². The molecule has 134 valence electrons. The molecular formula is C20H26N2O3. The molecule has 1 amide bonds. The van der Waals surface area contributed by atoms with Crippen LogP contribution in [-0.2, 0) is 0 Å². The molecule has 5 nitrogen and oxygen atoms in total. The summed E-state index contributed by atoms with van der Waals surface area (Å²) in [6.45, 7) is 9.77. The van der Waals surface area contributed by atoms with E-state index in [-0.39, 0.29) is 24.2 Å². The number of hydrogen-bond acceptors (Lipinski definition) is 4. The molecule has 1 unspecified atom stereocenters. The van der Waals surface area contributed by atoms with Gasteiger partial charge < -0.3 is 14.8 Å². The molecule has 0 saturated carbocycles. The van der Waals surface area contributed by atoms with Crippen molar-refractivity contribution in [3.8, 4) is 11.6 Å². The van der Waals surface area contributed by atoms with E-state index in [1.807, 2.05) is 58.9 Å². The predicted octanol–water partition coefficient (Wildman–Crippen LogP) is 4.15. The smallest absolute Gasteiger partial charge is 0.253 e. The zero-order valence-electron chi connectivity index (χ0n) is 15.4. The van der Waals surface area contributed by atoms with Crippen LogP contribution in [0.1, 0.15) is 56.6 Å². The van der Waals surface area contributed by atoms with Crippen LogP contribution < -0.4 is 14.8 Å². The van der Waals surface area contributed by atoms with Gasteiger partial charge in [0.1, 0.15) is 5.75 Å². The molecule has 0 spiro atoms. The first kappa shape index (κ1) is 18.8. The van der Waals surface area contributed by atoms with Crippen LogP contribution in [0.15, 0.2) is 42.6 Å². The van der Waals surface area contributed by atoms with E-state index in [1.54, 1.807) is 12.1 Å². The topological polar surface area (TPSA) is 60.5 Å². The van der Waals surface area contributed by atoms with E-state index >= 15 is 0 Å². The number of benzene rings is 1. The number of hydrogen-bond donors (Lipinski definition) is 1. The number of aromatic nitrogens is 1. The van der Waals surface area contributed by atoms with Gasteiger partial charge in [-0.15, -0.1) is 0 Å². The molecule has 0 bridgehead atoms. The predicted molar refractivity (Wildman–Crippen MR) is 98.1 cm³/mol. The van der Waals surface area contributed by atoms with E-state index in [1.165, 1.54) is 6.20 Å². The van der Waals surface area contributed by atoms with Gasteiger partial charge in [-0.1, -0.05) is 12.1 Å². The van der Waals surface area contributed by atoms with Crippen molar-refractivity contribution in [2.45, 2.75) is 52.9 Å². The average molecular weight is 342 g/mol. The molecule has 0 aliphatic heterocycles. The van der Waals surface area contributed by atoms with Crippen LogP contribution in [-0.4, -0.2) is 23.1 Å². The van der Waals surface area contributed by atoms with E-state index in [4.69, 9.17) is 9.47 Å². The zero-order chi connectivity index (χ0) is 18.4. The molecule has 1 heterocycles. The van der Waals surface area contributed by atoms with Crippen molar-refractivity contribution in [2.75, 3.05) is 0 Å². The van der Waals surface area contributed by atoms with Crippen molar-refractivity contribution in [3.05, 3.63) is 53.7 Å². The lowest BCUT2D eigenvalue weighted by molar-refractivity contribution is 0.0939. The minimum absolute atomic E-state index is 0.0486. The Hall–Kier alpha value is -2.56. The van der Waals surface area contributed by atoms with Crippen LogP contribution >= 0.6 is 0 Å². The lowest BCUT2D eigenvalue weighted by Crippen LogP contribution is -2.26. The van der Waals surface area contributed by atoms with Crippen LogP contribution in [0.2, 0.25) is 0 Å². The first-order chi connectivity index (χ1) is 11.8. The molecular weight excluding hydrogens is 316 g/mol. The third-order valence-electron chi connectivity index (χ3n) is 3.43. The number of nitrogens with one attached hydrogen (secondary N) is 1. The van der Waals surface area contributed by atoms with Gasteiger partial charge in [0.05, 0.1) is 23.8 Å². The Bertz CT molecular complexity index is 696. The summed E-state index contributed by atoms with van der Waals surface area (Å²) in [5, 5.41) is 2.98. The molecule has 0 saturated heterocycles. The fraction of sp³-hybridized carbons (Fsp3) is 0.400. The zero-order valence-corrected chi connectivity index (χ0v) is 15.4. The largest absolute Gasteiger partial charge is 0.491 e. The first-order valence-corrected chi connectivity index (χ1v) is 8.55. The highest BCUT2D eigenvalue weighted by Crippen LogP contribution is 2.20. The van der Waals surface area contributed by atoms with E-state index in [0.29, 0.717) is 11.4 Å². The van der Waals surface area contributed by atoms with Crippen molar-refractivity contribution in [1.82, 2.24) is 10.3 Å². The number of amides is 1. The Balaban J connectivity index is 2.02. The third kappa shape index (κ3) is 5.78. The Morgan fingerprint density at radius 2 is 1.72 bits per heavy atom.